The second kappa shape index (κ2) is 5.67. The summed E-state index contributed by atoms with van der Waals surface area (Å²) in [5, 5.41) is 1.36. The minimum absolute atomic E-state index is 0.618. The second-order valence-electron chi connectivity index (χ2n) is 3.35. The first-order chi connectivity index (χ1) is 8.19. The molecule has 0 aliphatic heterocycles. The first kappa shape index (κ1) is 12.6. The molecule has 0 fully saturated rings. The lowest BCUT2D eigenvalue weighted by Crippen LogP contribution is -1.84. The number of benzene rings is 2. The Labute approximate surface area is 115 Å². The molecule has 2 aromatic rings. The van der Waals surface area contributed by atoms with Gasteiger partial charge in [0.05, 0.1) is 12.1 Å². The fourth-order valence-corrected chi connectivity index (χ4v) is 2.51. The first-order valence-electron chi connectivity index (χ1n) is 4.96. The summed E-state index contributed by atoms with van der Waals surface area (Å²) in [5.74, 6) is 0.686. The van der Waals surface area contributed by atoms with Crippen molar-refractivity contribution in [3.8, 4) is 5.75 Å². The van der Waals surface area contributed by atoms with Crippen molar-refractivity contribution in [2.45, 2.75) is 9.79 Å². The lowest BCUT2D eigenvalue weighted by atomic mass is 10.3. The third-order valence-corrected chi connectivity index (χ3v) is 3.73. The van der Waals surface area contributed by atoms with Crippen LogP contribution in [0.25, 0.3) is 0 Å². The minimum Gasteiger partial charge on any atom is -0.495 e. The van der Waals surface area contributed by atoms with Crippen LogP contribution in [0.3, 0.4) is 0 Å². The van der Waals surface area contributed by atoms with Gasteiger partial charge < -0.3 is 4.74 Å². The highest BCUT2D eigenvalue weighted by atomic mass is 35.5. The zero-order valence-corrected chi connectivity index (χ0v) is 11.4. The maximum atomic E-state index is 5.97. The molecule has 0 amide bonds. The van der Waals surface area contributed by atoms with E-state index in [1.807, 2.05) is 42.5 Å². The number of hydrogen-bond acceptors (Lipinski definition) is 2. The molecule has 0 N–H and O–H groups in total. The van der Waals surface area contributed by atoms with Crippen molar-refractivity contribution in [1.29, 1.82) is 0 Å². The van der Waals surface area contributed by atoms with Crippen LogP contribution in [-0.2, 0) is 0 Å². The largest absolute Gasteiger partial charge is 0.495 e. The molecule has 0 unspecified atom stereocenters. The zero-order valence-electron chi connectivity index (χ0n) is 9.11. The third kappa shape index (κ3) is 3.32. The van der Waals surface area contributed by atoms with Crippen LogP contribution in [0.15, 0.2) is 52.3 Å². The van der Waals surface area contributed by atoms with Crippen molar-refractivity contribution in [3.05, 3.63) is 52.5 Å². The van der Waals surface area contributed by atoms with Gasteiger partial charge in [-0.15, -0.1) is 0 Å². The molecule has 0 aromatic heterocycles. The van der Waals surface area contributed by atoms with Crippen molar-refractivity contribution < 1.29 is 4.74 Å². The molecule has 2 rings (SSSR count). The molecule has 0 aliphatic carbocycles. The quantitative estimate of drug-likeness (QED) is 0.771. The molecule has 2 aromatic carbocycles. The summed E-state index contributed by atoms with van der Waals surface area (Å²) < 4.78 is 5.18. The molecule has 17 heavy (non-hydrogen) atoms. The Morgan fingerprint density at radius 2 is 1.59 bits per heavy atom. The highest BCUT2D eigenvalue weighted by Gasteiger charge is 2.03. The van der Waals surface area contributed by atoms with Gasteiger partial charge in [0.1, 0.15) is 5.75 Å². The van der Waals surface area contributed by atoms with Crippen LogP contribution in [0.2, 0.25) is 10.0 Å². The topological polar surface area (TPSA) is 9.23 Å². The number of halogens is 2. The van der Waals surface area contributed by atoms with Gasteiger partial charge >= 0.3 is 0 Å². The van der Waals surface area contributed by atoms with Gasteiger partial charge in [0.2, 0.25) is 0 Å². The SMILES string of the molecule is COc1cc(Sc2ccc(Cl)cc2)ccc1Cl. The molecule has 0 heterocycles. The van der Waals surface area contributed by atoms with Crippen LogP contribution in [0, 0.1) is 0 Å². The Kier molecular flexibility index (Phi) is 4.21. The summed E-state index contributed by atoms with van der Waals surface area (Å²) in [6.07, 6.45) is 0. The number of methoxy groups -OCH3 is 1. The van der Waals surface area contributed by atoms with Gasteiger partial charge in [-0.1, -0.05) is 35.0 Å². The van der Waals surface area contributed by atoms with E-state index in [4.69, 9.17) is 27.9 Å². The van der Waals surface area contributed by atoms with Gasteiger partial charge in [-0.05, 0) is 42.5 Å². The second-order valence-corrected chi connectivity index (χ2v) is 5.34. The zero-order chi connectivity index (χ0) is 12.3. The highest BCUT2D eigenvalue weighted by molar-refractivity contribution is 7.99. The Bertz CT molecular complexity index is 511. The van der Waals surface area contributed by atoms with Gasteiger partial charge in [-0.3, -0.25) is 0 Å². The van der Waals surface area contributed by atoms with Crippen molar-refractivity contribution in [2.24, 2.45) is 0 Å². The molecule has 0 saturated carbocycles. The molecule has 1 nitrogen and oxygen atoms in total. The molecular weight excluding hydrogens is 275 g/mol. The fraction of sp³-hybridized carbons (Fsp3) is 0.0769. The van der Waals surface area contributed by atoms with E-state index in [0.717, 1.165) is 14.8 Å². The lowest BCUT2D eigenvalue weighted by molar-refractivity contribution is 0.414. The van der Waals surface area contributed by atoms with Crippen LogP contribution < -0.4 is 4.74 Å². The smallest absolute Gasteiger partial charge is 0.138 e. The molecule has 0 bridgehead atoms. The van der Waals surface area contributed by atoms with E-state index in [0.29, 0.717) is 10.8 Å². The van der Waals surface area contributed by atoms with Crippen molar-refractivity contribution >= 4 is 35.0 Å². The molecule has 0 atom stereocenters. The average molecular weight is 285 g/mol. The monoisotopic (exact) mass is 284 g/mol. The van der Waals surface area contributed by atoms with E-state index in [9.17, 15) is 0 Å². The summed E-state index contributed by atoms with van der Waals surface area (Å²) in [7, 11) is 1.61. The summed E-state index contributed by atoms with van der Waals surface area (Å²) in [6.45, 7) is 0. The van der Waals surface area contributed by atoms with Crippen LogP contribution in [0.1, 0.15) is 0 Å². The molecule has 0 saturated heterocycles. The van der Waals surface area contributed by atoms with Crippen molar-refractivity contribution in [3.63, 3.8) is 0 Å². The predicted molar refractivity (Wildman–Crippen MR) is 73.6 cm³/mol. The molecule has 4 heteroatoms. The Morgan fingerprint density at radius 1 is 0.941 bits per heavy atom. The normalized spacial score (nSPS) is 10.3. The van der Waals surface area contributed by atoms with E-state index in [1.165, 1.54) is 0 Å². The molecule has 88 valence electrons. The molecule has 0 radical (unpaired) electrons. The lowest BCUT2D eigenvalue weighted by Gasteiger charge is -2.06. The van der Waals surface area contributed by atoms with Crippen LogP contribution in [0.5, 0.6) is 5.75 Å². The van der Waals surface area contributed by atoms with Gasteiger partial charge in [-0.25, -0.2) is 0 Å². The first-order valence-corrected chi connectivity index (χ1v) is 6.53. The minimum atomic E-state index is 0.618. The standard InChI is InChI=1S/C13H10Cl2OS/c1-16-13-8-11(6-7-12(13)15)17-10-4-2-9(14)3-5-10/h2-8H,1H3. The maximum Gasteiger partial charge on any atom is 0.138 e. The van der Waals surface area contributed by atoms with Gasteiger partial charge in [0.25, 0.3) is 0 Å². The van der Waals surface area contributed by atoms with Gasteiger partial charge in [-0.2, -0.15) is 0 Å². The van der Waals surface area contributed by atoms with Crippen LogP contribution in [-0.4, -0.2) is 7.11 Å². The van der Waals surface area contributed by atoms with Gasteiger partial charge in [0.15, 0.2) is 0 Å². The summed E-state index contributed by atoms with van der Waals surface area (Å²) in [4.78, 5) is 2.20. The molecule has 0 spiro atoms. The average Bonchev–Trinajstić information content (AvgIpc) is 2.34. The summed E-state index contributed by atoms with van der Waals surface area (Å²) in [5.41, 5.74) is 0. The van der Waals surface area contributed by atoms with E-state index in [1.54, 1.807) is 18.9 Å². The number of ether oxygens (including phenoxy) is 1. The number of hydrogen-bond donors (Lipinski definition) is 0. The Balaban J connectivity index is 2.21. The Morgan fingerprint density at radius 3 is 2.24 bits per heavy atom. The highest BCUT2D eigenvalue weighted by Crippen LogP contribution is 2.34. The third-order valence-electron chi connectivity index (χ3n) is 2.17. The van der Waals surface area contributed by atoms with E-state index < -0.39 is 0 Å². The molecule has 0 aliphatic rings. The predicted octanol–water partition coefficient (Wildman–Crippen LogP) is 5.15. The van der Waals surface area contributed by atoms with E-state index in [2.05, 4.69) is 0 Å². The van der Waals surface area contributed by atoms with Crippen molar-refractivity contribution in [2.75, 3.05) is 7.11 Å². The van der Waals surface area contributed by atoms with E-state index in [-0.39, 0.29) is 0 Å². The van der Waals surface area contributed by atoms with E-state index >= 15 is 0 Å². The van der Waals surface area contributed by atoms with Gasteiger partial charge in [0, 0.05) is 14.8 Å². The molecular formula is C13H10Cl2OS. The maximum absolute atomic E-state index is 5.97. The summed E-state index contributed by atoms with van der Waals surface area (Å²) in [6, 6.07) is 13.4. The van der Waals surface area contributed by atoms with Crippen LogP contribution in [0.4, 0.5) is 0 Å². The number of rotatable bonds is 3. The van der Waals surface area contributed by atoms with Crippen molar-refractivity contribution in [1.82, 2.24) is 0 Å². The fourth-order valence-electron chi connectivity index (χ4n) is 1.34. The van der Waals surface area contributed by atoms with Crippen LogP contribution >= 0.6 is 35.0 Å². The Hall–Kier alpha value is -0.830. The summed E-state index contributed by atoms with van der Waals surface area (Å²) >= 11 is 13.4.